The lowest BCUT2D eigenvalue weighted by atomic mass is 9.86. The molecule has 3 heterocycles. The summed E-state index contributed by atoms with van der Waals surface area (Å²) in [6.45, 7) is 0. The van der Waals surface area contributed by atoms with Crippen molar-refractivity contribution in [2.45, 2.75) is 5.92 Å². The van der Waals surface area contributed by atoms with Gasteiger partial charge in [-0.2, -0.15) is 0 Å². The summed E-state index contributed by atoms with van der Waals surface area (Å²) >= 11 is 1.89. The predicted octanol–water partition coefficient (Wildman–Crippen LogP) is 16.4. The molecule has 9 aromatic carbocycles. The van der Waals surface area contributed by atoms with Crippen molar-refractivity contribution < 1.29 is 0 Å². The molecule has 3 heteroatoms. The van der Waals surface area contributed by atoms with Crippen molar-refractivity contribution in [2.75, 3.05) is 0 Å². The number of thiophene rings is 1. The maximum atomic E-state index is 5.18. The molecule has 294 valence electrons. The Bertz CT molecular complexity index is 3750. The van der Waals surface area contributed by atoms with Crippen molar-refractivity contribution >= 4 is 53.3 Å². The van der Waals surface area contributed by atoms with Gasteiger partial charge in [0.2, 0.25) is 0 Å². The van der Waals surface area contributed by atoms with Gasteiger partial charge in [0.1, 0.15) is 0 Å². The summed E-state index contributed by atoms with van der Waals surface area (Å²) < 4.78 is 5.06. The zero-order chi connectivity index (χ0) is 41.4. The van der Waals surface area contributed by atoms with Gasteiger partial charge in [-0.05, 0) is 111 Å². The topological polar surface area (TPSA) is 17.8 Å². The Kier molecular flexibility index (Phi) is 8.18. The quantitative estimate of drug-likeness (QED) is 0.163. The molecule has 0 fully saturated rings. The van der Waals surface area contributed by atoms with Crippen molar-refractivity contribution in [2.24, 2.45) is 0 Å². The lowest BCUT2D eigenvalue weighted by Gasteiger charge is -2.17. The van der Waals surface area contributed by atoms with Gasteiger partial charge in [-0.15, -0.1) is 11.3 Å². The van der Waals surface area contributed by atoms with E-state index in [1.807, 2.05) is 11.3 Å². The number of aromatic nitrogens is 2. The lowest BCUT2D eigenvalue weighted by molar-refractivity contribution is 1.02. The second-order valence-corrected chi connectivity index (χ2v) is 17.7. The van der Waals surface area contributed by atoms with Gasteiger partial charge in [0, 0.05) is 53.7 Å². The summed E-state index contributed by atoms with van der Waals surface area (Å²) in [5.41, 5.74) is 19.2. The second-order valence-electron chi connectivity index (χ2n) is 16.6. The number of hydrogen-bond donors (Lipinski definition) is 0. The first-order valence-corrected chi connectivity index (χ1v) is 22.5. The van der Waals surface area contributed by atoms with Crippen LogP contribution >= 0.6 is 11.3 Å². The highest BCUT2D eigenvalue weighted by atomic mass is 32.1. The first kappa shape index (κ1) is 35.9. The number of benzene rings is 9. The Morgan fingerprint density at radius 1 is 0.365 bits per heavy atom. The molecule has 0 radical (unpaired) electrons. The molecule has 1 aliphatic rings. The highest BCUT2D eigenvalue weighted by molar-refractivity contribution is 7.26. The zero-order valence-corrected chi connectivity index (χ0v) is 35.1. The van der Waals surface area contributed by atoms with Crippen LogP contribution in [0.4, 0.5) is 0 Å². The van der Waals surface area contributed by atoms with Crippen molar-refractivity contribution in [3.8, 4) is 61.6 Å². The van der Waals surface area contributed by atoms with Crippen LogP contribution in [0.3, 0.4) is 0 Å². The minimum atomic E-state index is 0.0472. The lowest BCUT2D eigenvalue weighted by Crippen LogP contribution is -2.00. The second kappa shape index (κ2) is 14.4. The Balaban J connectivity index is 0.979. The molecule has 3 aromatic heterocycles. The molecule has 1 atom stereocenters. The maximum Gasteiger partial charge on any atom is 0.0709 e. The first-order valence-electron chi connectivity index (χ1n) is 21.6. The van der Waals surface area contributed by atoms with Crippen molar-refractivity contribution in [1.82, 2.24) is 9.55 Å². The van der Waals surface area contributed by atoms with Crippen molar-refractivity contribution in [3.05, 3.63) is 241 Å². The fourth-order valence-corrected chi connectivity index (χ4v) is 11.4. The highest BCUT2D eigenvalue weighted by Gasteiger charge is 2.31. The molecule has 0 bridgehead atoms. The van der Waals surface area contributed by atoms with Crippen LogP contribution in [0.1, 0.15) is 22.6 Å². The molecular formula is C60H38N2S. The normalized spacial score (nSPS) is 13.2. The Morgan fingerprint density at radius 3 is 1.92 bits per heavy atom. The van der Waals surface area contributed by atoms with Crippen LogP contribution in [-0.2, 0) is 0 Å². The van der Waals surface area contributed by atoms with Crippen LogP contribution in [0, 0.1) is 0 Å². The van der Waals surface area contributed by atoms with E-state index in [1.165, 1.54) is 92.0 Å². The summed E-state index contributed by atoms with van der Waals surface area (Å²) in [6, 6.07) is 82.3. The fraction of sp³-hybridized carbons (Fsp3) is 0.0167. The molecule has 12 aromatic rings. The third kappa shape index (κ3) is 5.81. The first-order chi connectivity index (χ1) is 31.2. The van der Waals surface area contributed by atoms with Crippen LogP contribution in [0.5, 0.6) is 0 Å². The SMILES string of the molecule is c1ccc(-c2cccc(-c3cccc(C4c5ccc(-c6ccc7c8ccccc8n(-c8ccccc8)c7c6)cc5-c5ccc(-c6cccc7c6sc6ccccc67)cc54)c3)n2)cc1. The molecule has 13 rings (SSSR count). The minimum absolute atomic E-state index is 0.0472. The number of hydrogen-bond acceptors (Lipinski definition) is 2. The molecule has 0 saturated heterocycles. The largest absolute Gasteiger partial charge is 0.309 e. The number of rotatable bonds is 6. The standard InChI is InChI=1S/C60H38N2S/c1-3-14-38(15-4-1)54-24-13-25-55(61-54)42-16-11-17-43(34-42)59-50-33-29-39(40-28-32-48-47-20-7-9-26-56(47)62(57(48)37-40)44-18-5-2-6-19-44)35-52(50)46-31-30-41(36-53(46)59)45-22-12-23-51-49-21-8-10-27-58(49)63-60(45)51/h1-37,59H. The average molecular weight is 819 g/mol. The Morgan fingerprint density at radius 2 is 1.03 bits per heavy atom. The summed E-state index contributed by atoms with van der Waals surface area (Å²) in [5.74, 6) is 0.0472. The van der Waals surface area contributed by atoms with Gasteiger partial charge in [0.05, 0.1) is 22.4 Å². The molecule has 0 spiro atoms. The van der Waals surface area contributed by atoms with Gasteiger partial charge in [-0.25, -0.2) is 4.98 Å². The van der Waals surface area contributed by atoms with E-state index < -0.39 is 0 Å². The summed E-state index contributed by atoms with van der Waals surface area (Å²) in [4.78, 5) is 5.18. The van der Waals surface area contributed by atoms with Gasteiger partial charge in [-0.3, -0.25) is 0 Å². The summed E-state index contributed by atoms with van der Waals surface area (Å²) in [7, 11) is 0. The molecule has 2 nitrogen and oxygen atoms in total. The molecule has 0 amide bonds. The van der Waals surface area contributed by atoms with E-state index in [-0.39, 0.29) is 5.92 Å². The van der Waals surface area contributed by atoms with Crippen LogP contribution < -0.4 is 0 Å². The van der Waals surface area contributed by atoms with Gasteiger partial charge in [0.25, 0.3) is 0 Å². The van der Waals surface area contributed by atoms with E-state index >= 15 is 0 Å². The number of para-hydroxylation sites is 2. The molecule has 0 N–H and O–H groups in total. The molecular weight excluding hydrogens is 781 g/mol. The molecule has 0 saturated carbocycles. The van der Waals surface area contributed by atoms with Gasteiger partial charge >= 0.3 is 0 Å². The van der Waals surface area contributed by atoms with Crippen LogP contribution in [0.25, 0.3) is 104 Å². The van der Waals surface area contributed by atoms with E-state index in [1.54, 1.807) is 0 Å². The van der Waals surface area contributed by atoms with Gasteiger partial charge < -0.3 is 4.57 Å². The molecule has 0 aliphatic heterocycles. The van der Waals surface area contributed by atoms with E-state index in [4.69, 9.17) is 4.98 Å². The number of pyridine rings is 1. The van der Waals surface area contributed by atoms with Crippen molar-refractivity contribution in [1.29, 1.82) is 0 Å². The number of nitrogens with zero attached hydrogens (tertiary/aromatic N) is 2. The van der Waals surface area contributed by atoms with Crippen LogP contribution in [0.2, 0.25) is 0 Å². The van der Waals surface area contributed by atoms with Crippen LogP contribution in [0.15, 0.2) is 224 Å². The summed E-state index contributed by atoms with van der Waals surface area (Å²) in [5, 5.41) is 5.16. The van der Waals surface area contributed by atoms with Gasteiger partial charge in [0.15, 0.2) is 0 Å². The van der Waals surface area contributed by atoms with Crippen molar-refractivity contribution in [3.63, 3.8) is 0 Å². The van der Waals surface area contributed by atoms with Crippen LogP contribution in [-0.4, -0.2) is 9.55 Å². The minimum Gasteiger partial charge on any atom is -0.309 e. The monoisotopic (exact) mass is 818 g/mol. The number of fused-ring (bicyclic) bond motifs is 9. The fourth-order valence-electron chi connectivity index (χ4n) is 10.2. The van der Waals surface area contributed by atoms with E-state index in [0.29, 0.717) is 0 Å². The highest BCUT2D eigenvalue weighted by Crippen LogP contribution is 2.51. The van der Waals surface area contributed by atoms with E-state index in [9.17, 15) is 0 Å². The van der Waals surface area contributed by atoms with E-state index in [0.717, 1.165) is 28.2 Å². The Hall–Kier alpha value is -7.85. The average Bonchev–Trinajstić information content (AvgIpc) is 4.01. The Labute approximate surface area is 369 Å². The predicted molar refractivity (Wildman–Crippen MR) is 266 cm³/mol. The molecule has 63 heavy (non-hydrogen) atoms. The smallest absolute Gasteiger partial charge is 0.0709 e. The van der Waals surface area contributed by atoms with E-state index in [2.05, 4.69) is 229 Å². The third-order valence-electron chi connectivity index (χ3n) is 13.1. The summed E-state index contributed by atoms with van der Waals surface area (Å²) in [6.07, 6.45) is 0. The third-order valence-corrected chi connectivity index (χ3v) is 14.3. The zero-order valence-electron chi connectivity index (χ0n) is 34.2. The molecule has 1 aliphatic carbocycles. The van der Waals surface area contributed by atoms with Gasteiger partial charge in [-0.1, -0.05) is 164 Å². The maximum absolute atomic E-state index is 5.18. The molecule has 1 unspecified atom stereocenters.